The van der Waals surface area contributed by atoms with Gasteiger partial charge >= 0.3 is 0 Å². The Balaban J connectivity index is 2.70. The molecule has 104 valence electrons. The molecule has 0 radical (unpaired) electrons. The molecule has 1 aromatic rings. The quantitative estimate of drug-likeness (QED) is 0.735. The molecule has 7 heteroatoms. The molecule has 19 heavy (non-hydrogen) atoms. The number of hydrogen-bond acceptors (Lipinski definition) is 4. The van der Waals surface area contributed by atoms with Gasteiger partial charge in [-0.05, 0) is 37.5 Å². The number of benzene rings is 1. The van der Waals surface area contributed by atoms with E-state index in [1.807, 2.05) is 0 Å². The summed E-state index contributed by atoms with van der Waals surface area (Å²) in [4.78, 5) is -0.132. The topological polar surface area (TPSA) is 90.2 Å². The maximum atomic E-state index is 13.1. The maximum Gasteiger partial charge on any atom is 0.240 e. The third-order valence-electron chi connectivity index (χ3n) is 2.50. The zero-order chi connectivity index (χ0) is 14.3. The van der Waals surface area contributed by atoms with Crippen LogP contribution >= 0.6 is 0 Å². The average molecular weight is 286 g/mol. The Hall–Kier alpha value is -1.49. The number of unbranched alkanes of at least 4 members (excludes halogenated alkanes) is 2. The molecule has 5 nitrogen and oxygen atoms in total. The van der Waals surface area contributed by atoms with Crippen LogP contribution in [-0.2, 0) is 10.0 Å². The van der Waals surface area contributed by atoms with Crippen molar-refractivity contribution >= 4 is 10.0 Å². The van der Waals surface area contributed by atoms with Crippen LogP contribution in [0.2, 0.25) is 0 Å². The molecule has 0 aromatic heterocycles. The van der Waals surface area contributed by atoms with Gasteiger partial charge in [0, 0.05) is 13.2 Å². The van der Waals surface area contributed by atoms with E-state index >= 15 is 0 Å². The van der Waals surface area contributed by atoms with Crippen molar-refractivity contribution in [1.82, 2.24) is 4.72 Å². The summed E-state index contributed by atoms with van der Waals surface area (Å²) in [5, 5.41) is 17.2. The van der Waals surface area contributed by atoms with E-state index in [1.54, 1.807) is 6.07 Å². The molecule has 2 N–H and O–H groups in total. The predicted molar refractivity (Wildman–Crippen MR) is 67.2 cm³/mol. The van der Waals surface area contributed by atoms with E-state index in [0.717, 1.165) is 18.2 Å². The van der Waals surface area contributed by atoms with E-state index in [2.05, 4.69) is 4.72 Å². The van der Waals surface area contributed by atoms with Gasteiger partial charge < -0.3 is 5.11 Å². The molecule has 0 aliphatic rings. The standard InChI is InChI=1S/C12H15FN2O3S/c13-12-5-4-11(8-10(12)9-14)19(17,18)15-6-2-1-3-7-16/h4-5,8,15-16H,1-3,6-7H2. The van der Waals surface area contributed by atoms with E-state index in [1.165, 1.54) is 0 Å². The summed E-state index contributed by atoms with van der Waals surface area (Å²) in [7, 11) is -3.73. The van der Waals surface area contributed by atoms with Gasteiger partial charge in [0.05, 0.1) is 10.5 Å². The Morgan fingerprint density at radius 3 is 2.68 bits per heavy atom. The Labute approximate surface area is 111 Å². The predicted octanol–water partition coefficient (Wildman–Crippen LogP) is 1.14. The number of nitriles is 1. The van der Waals surface area contributed by atoms with Crippen molar-refractivity contribution < 1.29 is 17.9 Å². The number of hydrogen-bond donors (Lipinski definition) is 2. The van der Waals surface area contributed by atoms with Crippen LogP contribution in [-0.4, -0.2) is 26.7 Å². The molecule has 1 rings (SSSR count). The van der Waals surface area contributed by atoms with E-state index in [-0.39, 0.29) is 23.6 Å². The monoisotopic (exact) mass is 286 g/mol. The fraction of sp³-hybridized carbons (Fsp3) is 0.417. The highest BCUT2D eigenvalue weighted by Gasteiger charge is 2.15. The zero-order valence-corrected chi connectivity index (χ0v) is 11.1. The number of aliphatic hydroxyl groups excluding tert-OH is 1. The van der Waals surface area contributed by atoms with Crippen molar-refractivity contribution in [3.63, 3.8) is 0 Å². The van der Waals surface area contributed by atoms with Gasteiger partial charge in [-0.3, -0.25) is 0 Å². The molecule has 0 bridgehead atoms. The number of aliphatic hydroxyl groups is 1. The molecule has 0 aliphatic heterocycles. The molecule has 0 spiro atoms. The van der Waals surface area contributed by atoms with Crippen LogP contribution in [0, 0.1) is 17.1 Å². The molecule has 0 heterocycles. The van der Waals surface area contributed by atoms with E-state index in [4.69, 9.17) is 10.4 Å². The van der Waals surface area contributed by atoms with Crippen molar-refractivity contribution in [1.29, 1.82) is 5.26 Å². The van der Waals surface area contributed by atoms with Gasteiger partial charge in [-0.1, -0.05) is 0 Å². The summed E-state index contributed by atoms with van der Waals surface area (Å²) in [6.07, 6.45) is 1.94. The summed E-state index contributed by atoms with van der Waals surface area (Å²) < 4.78 is 39.2. The van der Waals surface area contributed by atoms with Crippen LogP contribution in [0.15, 0.2) is 23.1 Å². The summed E-state index contributed by atoms with van der Waals surface area (Å²) >= 11 is 0. The molecule has 0 fully saturated rings. The second kappa shape index (κ2) is 7.19. The Bertz CT molecular complexity index is 567. The van der Waals surface area contributed by atoms with Crippen molar-refractivity contribution in [2.45, 2.75) is 24.2 Å². The van der Waals surface area contributed by atoms with E-state index in [0.29, 0.717) is 19.3 Å². The Morgan fingerprint density at radius 1 is 1.32 bits per heavy atom. The minimum Gasteiger partial charge on any atom is -0.396 e. The highest BCUT2D eigenvalue weighted by molar-refractivity contribution is 7.89. The Kier molecular flexibility index (Phi) is 5.89. The average Bonchev–Trinajstić information content (AvgIpc) is 2.38. The van der Waals surface area contributed by atoms with Gasteiger partial charge in [0.1, 0.15) is 11.9 Å². The number of rotatable bonds is 7. The first-order chi connectivity index (χ1) is 9.01. The molecule has 0 atom stereocenters. The van der Waals surface area contributed by atoms with E-state index < -0.39 is 15.8 Å². The molecule has 0 saturated heterocycles. The van der Waals surface area contributed by atoms with Crippen LogP contribution in [0.25, 0.3) is 0 Å². The molecular weight excluding hydrogens is 271 g/mol. The second-order valence-electron chi connectivity index (χ2n) is 3.94. The molecule has 0 aliphatic carbocycles. The third-order valence-corrected chi connectivity index (χ3v) is 3.95. The fourth-order valence-corrected chi connectivity index (χ4v) is 2.56. The van der Waals surface area contributed by atoms with Crippen LogP contribution in [0.1, 0.15) is 24.8 Å². The molecule has 0 saturated carbocycles. The normalized spacial score (nSPS) is 11.2. The van der Waals surface area contributed by atoms with Crippen LogP contribution in [0.3, 0.4) is 0 Å². The van der Waals surface area contributed by atoms with Crippen molar-refractivity contribution in [3.8, 4) is 6.07 Å². The first-order valence-electron chi connectivity index (χ1n) is 5.81. The molecule has 0 amide bonds. The number of nitrogens with one attached hydrogen (secondary N) is 1. The lowest BCUT2D eigenvalue weighted by atomic mass is 10.2. The van der Waals surface area contributed by atoms with Gasteiger partial charge in [0.25, 0.3) is 0 Å². The van der Waals surface area contributed by atoms with Crippen molar-refractivity contribution in [2.75, 3.05) is 13.2 Å². The van der Waals surface area contributed by atoms with E-state index in [9.17, 15) is 12.8 Å². The summed E-state index contributed by atoms with van der Waals surface area (Å²) in [6, 6.07) is 4.68. The highest BCUT2D eigenvalue weighted by atomic mass is 32.2. The van der Waals surface area contributed by atoms with Gasteiger partial charge in [-0.15, -0.1) is 0 Å². The van der Waals surface area contributed by atoms with Gasteiger partial charge in [-0.2, -0.15) is 5.26 Å². The minimum atomic E-state index is -3.73. The minimum absolute atomic E-state index is 0.0796. The number of halogens is 1. The lowest BCUT2D eigenvalue weighted by Gasteiger charge is -2.07. The largest absolute Gasteiger partial charge is 0.396 e. The van der Waals surface area contributed by atoms with Gasteiger partial charge in [0.15, 0.2) is 0 Å². The van der Waals surface area contributed by atoms with Gasteiger partial charge in [0.2, 0.25) is 10.0 Å². The van der Waals surface area contributed by atoms with Crippen LogP contribution < -0.4 is 4.72 Å². The van der Waals surface area contributed by atoms with Crippen molar-refractivity contribution in [2.24, 2.45) is 0 Å². The Morgan fingerprint density at radius 2 is 2.05 bits per heavy atom. The molecule has 1 aromatic carbocycles. The zero-order valence-electron chi connectivity index (χ0n) is 10.3. The van der Waals surface area contributed by atoms with Gasteiger partial charge in [-0.25, -0.2) is 17.5 Å². The smallest absolute Gasteiger partial charge is 0.240 e. The number of nitrogens with zero attached hydrogens (tertiary/aromatic N) is 1. The lowest BCUT2D eigenvalue weighted by molar-refractivity contribution is 0.283. The van der Waals surface area contributed by atoms with Crippen LogP contribution in [0.5, 0.6) is 0 Å². The maximum absolute atomic E-state index is 13.1. The molecular formula is C12H15FN2O3S. The first-order valence-corrected chi connectivity index (χ1v) is 7.30. The van der Waals surface area contributed by atoms with Crippen molar-refractivity contribution in [3.05, 3.63) is 29.6 Å². The molecule has 0 unspecified atom stereocenters. The summed E-state index contributed by atoms with van der Waals surface area (Å²) in [5.74, 6) is -0.746. The first kappa shape index (κ1) is 15.6. The third kappa shape index (κ3) is 4.59. The SMILES string of the molecule is N#Cc1cc(S(=O)(=O)NCCCCCO)ccc1F. The fourth-order valence-electron chi connectivity index (χ4n) is 1.46. The number of sulfonamides is 1. The second-order valence-corrected chi connectivity index (χ2v) is 5.70. The van der Waals surface area contributed by atoms with Crippen LogP contribution in [0.4, 0.5) is 4.39 Å². The highest BCUT2D eigenvalue weighted by Crippen LogP contribution is 2.14. The summed E-state index contributed by atoms with van der Waals surface area (Å²) in [5.41, 5.74) is -0.303. The summed E-state index contributed by atoms with van der Waals surface area (Å²) in [6.45, 7) is 0.317. The lowest BCUT2D eigenvalue weighted by Crippen LogP contribution is -2.25.